The van der Waals surface area contributed by atoms with Gasteiger partial charge in [0.15, 0.2) is 11.6 Å². The standard InChI is InChI=1S/C17H20O3/c1-11(18)14(12(2)19)9-13-5-6-16-15(10-13)17(3,4)7-8-20-16/h5-6,9-10H,7-8H2,1-4H3. The van der Waals surface area contributed by atoms with Gasteiger partial charge in [-0.2, -0.15) is 0 Å². The Hall–Kier alpha value is -1.90. The average Bonchev–Trinajstić information content (AvgIpc) is 2.35. The smallest absolute Gasteiger partial charge is 0.163 e. The van der Waals surface area contributed by atoms with Gasteiger partial charge in [-0.15, -0.1) is 0 Å². The molecule has 0 saturated carbocycles. The molecule has 0 aromatic heterocycles. The predicted molar refractivity (Wildman–Crippen MR) is 78.9 cm³/mol. The molecule has 1 heterocycles. The van der Waals surface area contributed by atoms with E-state index < -0.39 is 0 Å². The molecule has 0 saturated heterocycles. The normalized spacial score (nSPS) is 15.8. The van der Waals surface area contributed by atoms with Gasteiger partial charge in [0.25, 0.3) is 0 Å². The van der Waals surface area contributed by atoms with Gasteiger partial charge in [0.05, 0.1) is 12.2 Å². The number of Topliss-reactive ketones (excluding diaryl/α,β-unsaturated/α-hetero) is 2. The summed E-state index contributed by atoms with van der Waals surface area (Å²) >= 11 is 0. The number of rotatable bonds is 3. The second kappa shape index (κ2) is 5.23. The summed E-state index contributed by atoms with van der Waals surface area (Å²) < 4.78 is 5.66. The summed E-state index contributed by atoms with van der Waals surface area (Å²) in [5.74, 6) is 0.488. The van der Waals surface area contributed by atoms with E-state index in [9.17, 15) is 9.59 Å². The number of benzene rings is 1. The summed E-state index contributed by atoms with van der Waals surface area (Å²) in [4.78, 5) is 23.0. The summed E-state index contributed by atoms with van der Waals surface area (Å²) in [6, 6.07) is 5.81. The van der Waals surface area contributed by atoms with Crippen LogP contribution in [0.1, 0.15) is 45.2 Å². The van der Waals surface area contributed by atoms with Gasteiger partial charge in [-0.1, -0.05) is 19.9 Å². The fourth-order valence-corrected chi connectivity index (χ4v) is 2.46. The van der Waals surface area contributed by atoms with Crippen LogP contribution in [0.15, 0.2) is 23.8 Å². The van der Waals surface area contributed by atoms with Crippen molar-refractivity contribution < 1.29 is 14.3 Å². The second-order valence-electron chi connectivity index (χ2n) is 5.91. The van der Waals surface area contributed by atoms with Crippen LogP contribution in [0.5, 0.6) is 5.75 Å². The zero-order chi connectivity index (χ0) is 14.9. The number of ether oxygens (including phenoxy) is 1. The van der Waals surface area contributed by atoms with E-state index in [1.165, 1.54) is 13.8 Å². The van der Waals surface area contributed by atoms with E-state index in [4.69, 9.17) is 4.74 Å². The lowest BCUT2D eigenvalue weighted by Gasteiger charge is -2.32. The Bertz CT molecular complexity index is 578. The van der Waals surface area contributed by atoms with E-state index in [0.717, 1.165) is 29.9 Å². The van der Waals surface area contributed by atoms with Gasteiger partial charge in [-0.25, -0.2) is 0 Å². The number of carbonyl (C=O) groups excluding carboxylic acids is 2. The Kier molecular flexibility index (Phi) is 3.80. The first kappa shape index (κ1) is 14.5. The van der Waals surface area contributed by atoms with E-state index in [2.05, 4.69) is 13.8 Å². The monoisotopic (exact) mass is 272 g/mol. The van der Waals surface area contributed by atoms with Crippen LogP contribution in [0.3, 0.4) is 0 Å². The van der Waals surface area contributed by atoms with Crippen LogP contribution < -0.4 is 4.74 Å². The molecule has 106 valence electrons. The van der Waals surface area contributed by atoms with Crippen molar-refractivity contribution >= 4 is 17.6 Å². The number of hydrogen-bond acceptors (Lipinski definition) is 3. The summed E-state index contributed by atoms with van der Waals surface area (Å²) in [5, 5.41) is 0. The summed E-state index contributed by atoms with van der Waals surface area (Å²) in [6.45, 7) is 7.91. The first-order valence-corrected chi connectivity index (χ1v) is 6.82. The van der Waals surface area contributed by atoms with Crippen LogP contribution in [0.25, 0.3) is 6.08 Å². The molecule has 2 rings (SSSR count). The van der Waals surface area contributed by atoms with Crippen molar-refractivity contribution in [3.05, 3.63) is 34.9 Å². The minimum absolute atomic E-state index is 0.0457. The van der Waals surface area contributed by atoms with Gasteiger partial charge in [0.1, 0.15) is 5.75 Å². The van der Waals surface area contributed by atoms with E-state index in [1.54, 1.807) is 6.08 Å². The number of carbonyl (C=O) groups is 2. The van der Waals surface area contributed by atoms with E-state index in [-0.39, 0.29) is 22.6 Å². The highest BCUT2D eigenvalue weighted by Gasteiger charge is 2.28. The summed E-state index contributed by atoms with van der Waals surface area (Å²) in [5.41, 5.74) is 2.27. The topological polar surface area (TPSA) is 43.4 Å². The largest absolute Gasteiger partial charge is 0.493 e. The van der Waals surface area contributed by atoms with Gasteiger partial charge in [0, 0.05) is 5.56 Å². The third-order valence-electron chi connectivity index (χ3n) is 3.79. The van der Waals surface area contributed by atoms with Gasteiger partial charge in [-0.05, 0) is 49.5 Å². The fourth-order valence-electron chi connectivity index (χ4n) is 2.46. The third kappa shape index (κ3) is 2.82. The molecule has 3 nitrogen and oxygen atoms in total. The zero-order valence-electron chi connectivity index (χ0n) is 12.4. The highest BCUT2D eigenvalue weighted by molar-refractivity contribution is 6.21. The van der Waals surface area contributed by atoms with E-state index in [0.29, 0.717) is 0 Å². The van der Waals surface area contributed by atoms with Crippen molar-refractivity contribution in [1.82, 2.24) is 0 Å². The number of fused-ring (bicyclic) bond motifs is 1. The molecule has 20 heavy (non-hydrogen) atoms. The Labute approximate surface area is 119 Å². The van der Waals surface area contributed by atoms with Crippen LogP contribution in [0, 0.1) is 0 Å². The average molecular weight is 272 g/mol. The quantitative estimate of drug-likeness (QED) is 0.481. The van der Waals surface area contributed by atoms with Crippen LogP contribution in [0.4, 0.5) is 0 Å². The molecule has 0 atom stereocenters. The van der Waals surface area contributed by atoms with Crippen molar-refractivity contribution in [2.45, 2.75) is 39.5 Å². The molecule has 0 fully saturated rings. The van der Waals surface area contributed by atoms with Crippen molar-refractivity contribution in [3.63, 3.8) is 0 Å². The Morgan fingerprint density at radius 2 is 1.85 bits per heavy atom. The predicted octanol–water partition coefficient (Wildman–Crippen LogP) is 3.31. The summed E-state index contributed by atoms with van der Waals surface area (Å²) in [7, 11) is 0. The second-order valence-corrected chi connectivity index (χ2v) is 5.91. The molecule has 0 unspecified atom stereocenters. The van der Waals surface area contributed by atoms with Crippen molar-refractivity contribution in [1.29, 1.82) is 0 Å². The van der Waals surface area contributed by atoms with Crippen LogP contribution in [-0.2, 0) is 15.0 Å². The minimum Gasteiger partial charge on any atom is -0.493 e. The lowest BCUT2D eigenvalue weighted by atomic mass is 9.79. The molecule has 1 aromatic rings. The SMILES string of the molecule is CC(=O)C(=Cc1ccc2c(c1)C(C)(C)CCO2)C(C)=O. The first-order chi connectivity index (χ1) is 9.31. The number of hydrogen-bond donors (Lipinski definition) is 0. The molecule has 3 heteroatoms. The van der Waals surface area contributed by atoms with E-state index in [1.807, 2.05) is 18.2 Å². The Morgan fingerprint density at radius 3 is 2.45 bits per heavy atom. The number of ketones is 2. The molecule has 0 bridgehead atoms. The lowest BCUT2D eigenvalue weighted by molar-refractivity contribution is -0.119. The van der Waals surface area contributed by atoms with Gasteiger partial charge >= 0.3 is 0 Å². The maximum Gasteiger partial charge on any atom is 0.163 e. The van der Waals surface area contributed by atoms with Crippen molar-refractivity contribution in [2.75, 3.05) is 6.61 Å². The molecular formula is C17H20O3. The molecule has 0 spiro atoms. The molecule has 1 aromatic carbocycles. The Morgan fingerprint density at radius 1 is 1.20 bits per heavy atom. The summed E-state index contributed by atoms with van der Waals surface area (Å²) in [6.07, 6.45) is 2.62. The number of allylic oxidation sites excluding steroid dienone is 1. The van der Waals surface area contributed by atoms with Crippen LogP contribution >= 0.6 is 0 Å². The third-order valence-corrected chi connectivity index (χ3v) is 3.79. The van der Waals surface area contributed by atoms with Crippen molar-refractivity contribution in [3.8, 4) is 5.75 Å². The maximum atomic E-state index is 11.5. The molecule has 0 radical (unpaired) electrons. The molecular weight excluding hydrogens is 252 g/mol. The van der Waals surface area contributed by atoms with Gasteiger partial charge in [0.2, 0.25) is 0 Å². The lowest BCUT2D eigenvalue weighted by Crippen LogP contribution is -2.26. The molecule has 1 aliphatic heterocycles. The molecule has 0 N–H and O–H groups in total. The highest BCUT2D eigenvalue weighted by Crippen LogP contribution is 2.38. The molecule has 0 amide bonds. The van der Waals surface area contributed by atoms with Gasteiger partial charge < -0.3 is 4.74 Å². The Balaban J connectivity index is 2.48. The molecule has 1 aliphatic rings. The van der Waals surface area contributed by atoms with Gasteiger partial charge in [-0.3, -0.25) is 9.59 Å². The minimum atomic E-state index is -0.203. The molecule has 0 aliphatic carbocycles. The van der Waals surface area contributed by atoms with Crippen LogP contribution in [-0.4, -0.2) is 18.2 Å². The fraction of sp³-hybridized carbons (Fsp3) is 0.412. The van der Waals surface area contributed by atoms with Crippen molar-refractivity contribution in [2.24, 2.45) is 0 Å². The maximum absolute atomic E-state index is 11.5. The van der Waals surface area contributed by atoms with Crippen LogP contribution in [0.2, 0.25) is 0 Å². The highest BCUT2D eigenvalue weighted by atomic mass is 16.5. The zero-order valence-corrected chi connectivity index (χ0v) is 12.4. The first-order valence-electron chi connectivity index (χ1n) is 6.82. The van der Waals surface area contributed by atoms with E-state index >= 15 is 0 Å².